The summed E-state index contributed by atoms with van der Waals surface area (Å²) in [6.07, 6.45) is 0. The van der Waals surface area contributed by atoms with Crippen LogP contribution in [0.3, 0.4) is 0 Å². The van der Waals surface area contributed by atoms with E-state index in [4.69, 9.17) is 25.0 Å². The minimum Gasteiger partial charge on any atom is -0.497 e. The monoisotopic (exact) mass is 250 g/mol. The molecule has 0 aliphatic rings. The molecular formula is C9H12ClO4P. The molecule has 0 heterocycles. The first-order valence-corrected chi connectivity index (χ1v) is 6.80. The molecule has 0 bridgehead atoms. The maximum atomic E-state index is 11.4. The van der Waals surface area contributed by atoms with Crippen LogP contribution in [0.2, 0.25) is 0 Å². The summed E-state index contributed by atoms with van der Waals surface area (Å²) in [7, 11) is 1.56. The Bertz CT molecular complexity index is 352. The number of halogens is 1. The van der Waals surface area contributed by atoms with Crippen LogP contribution in [0.15, 0.2) is 24.3 Å². The van der Waals surface area contributed by atoms with Crippen LogP contribution in [0, 0.1) is 0 Å². The molecule has 4 nitrogen and oxygen atoms in total. The zero-order valence-corrected chi connectivity index (χ0v) is 10.1. The molecule has 0 N–H and O–H groups in total. The van der Waals surface area contributed by atoms with Crippen LogP contribution in [0.4, 0.5) is 0 Å². The lowest BCUT2D eigenvalue weighted by Crippen LogP contribution is -1.92. The van der Waals surface area contributed by atoms with Crippen LogP contribution in [0.1, 0.15) is 6.92 Å². The van der Waals surface area contributed by atoms with Gasteiger partial charge in [-0.05, 0) is 31.2 Å². The van der Waals surface area contributed by atoms with Gasteiger partial charge in [-0.25, -0.2) is 4.57 Å². The van der Waals surface area contributed by atoms with Crippen molar-refractivity contribution in [1.82, 2.24) is 0 Å². The Morgan fingerprint density at radius 3 is 2.27 bits per heavy atom. The summed E-state index contributed by atoms with van der Waals surface area (Å²) < 4.78 is 26.1. The lowest BCUT2D eigenvalue weighted by Gasteiger charge is -2.11. The highest BCUT2D eigenvalue weighted by Gasteiger charge is 2.21. The highest BCUT2D eigenvalue weighted by molar-refractivity contribution is 7.81. The zero-order chi connectivity index (χ0) is 11.3. The first kappa shape index (κ1) is 12.4. The average Bonchev–Trinajstić information content (AvgIpc) is 2.18. The van der Waals surface area contributed by atoms with Crippen LogP contribution in [-0.2, 0) is 9.09 Å². The first-order chi connectivity index (χ1) is 7.07. The van der Waals surface area contributed by atoms with Gasteiger partial charge in [-0.3, -0.25) is 4.52 Å². The van der Waals surface area contributed by atoms with Crippen molar-refractivity contribution in [2.75, 3.05) is 13.7 Å². The largest absolute Gasteiger partial charge is 0.497 e. The Morgan fingerprint density at radius 2 is 1.80 bits per heavy atom. The van der Waals surface area contributed by atoms with Crippen LogP contribution in [-0.4, -0.2) is 13.7 Å². The fourth-order valence-corrected chi connectivity index (χ4v) is 2.21. The highest BCUT2D eigenvalue weighted by Crippen LogP contribution is 2.53. The molecule has 0 spiro atoms. The molecule has 1 atom stereocenters. The van der Waals surface area contributed by atoms with Crippen molar-refractivity contribution in [3.8, 4) is 11.5 Å². The molecule has 1 rings (SSSR count). The second kappa shape index (κ2) is 5.40. The molecule has 0 amide bonds. The molecule has 0 fully saturated rings. The second-order valence-corrected chi connectivity index (χ2v) is 5.16. The van der Waals surface area contributed by atoms with E-state index in [0.717, 1.165) is 0 Å². The number of rotatable bonds is 5. The maximum Gasteiger partial charge on any atom is 0.476 e. The third kappa shape index (κ3) is 4.12. The van der Waals surface area contributed by atoms with E-state index in [1.165, 1.54) is 0 Å². The van der Waals surface area contributed by atoms with Crippen LogP contribution >= 0.6 is 18.2 Å². The van der Waals surface area contributed by atoms with E-state index in [1.807, 2.05) is 0 Å². The summed E-state index contributed by atoms with van der Waals surface area (Å²) in [4.78, 5) is 0. The third-order valence-corrected chi connectivity index (χ3v) is 3.05. The van der Waals surface area contributed by atoms with E-state index in [-0.39, 0.29) is 6.61 Å². The summed E-state index contributed by atoms with van der Waals surface area (Å²) >= 11 is 5.52. The van der Waals surface area contributed by atoms with Crippen molar-refractivity contribution in [1.29, 1.82) is 0 Å². The van der Waals surface area contributed by atoms with Crippen LogP contribution in [0.25, 0.3) is 0 Å². The van der Waals surface area contributed by atoms with Crippen LogP contribution in [0.5, 0.6) is 11.5 Å². The van der Waals surface area contributed by atoms with Gasteiger partial charge in [-0.2, -0.15) is 0 Å². The third-order valence-electron chi connectivity index (χ3n) is 1.56. The number of ether oxygens (including phenoxy) is 1. The summed E-state index contributed by atoms with van der Waals surface area (Å²) in [5, 5.41) is 0. The Balaban J connectivity index is 2.68. The average molecular weight is 251 g/mol. The van der Waals surface area contributed by atoms with E-state index in [2.05, 4.69) is 0 Å². The van der Waals surface area contributed by atoms with E-state index >= 15 is 0 Å². The molecule has 0 saturated carbocycles. The molecule has 0 aliphatic heterocycles. The lowest BCUT2D eigenvalue weighted by atomic mass is 10.3. The molecule has 1 aromatic rings. The van der Waals surface area contributed by atoms with Gasteiger partial charge < -0.3 is 9.26 Å². The fourth-order valence-electron chi connectivity index (χ4n) is 0.943. The summed E-state index contributed by atoms with van der Waals surface area (Å²) in [5.41, 5.74) is 0. The Labute approximate surface area is 93.4 Å². The maximum absolute atomic E-state index is 11.4. The van der Waals surface area contributed by atoms with Crippen molar-refractivity contribution in [2.24, 2.45) is 0 Å². The number of hydrogen-bond donors (Lipinski definition) is 0. The molecule has 6 heteroatoms. The van der Waals surface area contributed by atoms with E-state index in [9.17, 15) is 4.57 Å². The predicted octanol–water partition coefficient (Wildman–Crippen LogP) is 3.46. The molecule has 1 aromatic carbocycles. The topological polar surface area (TPSA) is 44.8 Å². The van der Waals surface area contributed by atoms with Gasteiger partial charge in [0, 0.05) is 11.2 Å². The Morgan fingerprint density at radius 1 is 1.27 bits per heavy atom. The zero-order valence-electron chi connectivity index (χ0n) is 8.47. The standard InChI is InChI=1S/C9H12ClO4P/c1-3-13-15(10,11)14-9-6-4-8(12-2)5-7-9/h4-7H,3H2,1-2H3/t15-/m1/s1. The molecule has 84 valence electrons. The van der Waals surface area contributed by atoms with Gasteiger partial charge in [-0.1, -0.05) is 0 Å². The van der Waals surface area contributed by atoms with E-state index in [0.29, 0.717) is 11.5 Å². The van der Waals surface area contributed by atoms with Gasteiger partial charge in [-0.15, -0.1) is 0 Å². The fraction of sp³-hybridized carbons (Fsp3) is 0.333. The molecule has 0 aliphatic carbocycles. The summed E-state index contributed by atoms with van der Waals surface area (Å²) in [5.74, 6) is 1.06. The smallest absolute Gasteiger partial charge is 0.476 e. The molecule has 0 saturated heterocycles. The molecule has 0 radical (unpaired) electrons. The summed E-state index contributed by atoms with van der Waals surface area (Å²) in [6, 6.07) is 6.57. The Kier molecular flexibility index (Phi) is 4.45. The predicted molar refractivity (Wildman–Crippen MR) is 58.7 cm³/mol. The number of methoxy groups -OCH3 is 1. The van der Waals surface area contributed by atoms with Crippen LogP contribution < -0.4 is 9.26 Å². The van der Waals surface area contributed by atoms with Gasteiger partial charge in [0.15, 0.2) is 0 Å². The van der Waals surface area contributed by atoms with Crippen molar-refractivity contribution < 1.29 is 18.3 Å². The molecule has 0 unspecified atom stereocenters. The molecular weight excluding hydrogens is 239 g/mol. The minimum absolute atomic E-state index is 0.233. The number of benzene rings is 1. The van der Waals surface area contributed by atoms with Crippen molar-refractivity contribution in [2.45, 2.75) is 6.92 Å². The van der Waals surface area contributed by atoms with Crippen molar-refractivity contribution in [3.63, 3.8) is 0 Å². The van der Waals surface area contributed by atoms with Gasteiger partial charge in [0.2, 0.25) is 0 Å². The van der Waals surface area contributed by atoms with Crippen molar-refractivity contribution in [3.05, 3.63) is 24.3 Å². The second-order valence-electron chi connectivity index (χ2n) is 2.62. The Hall–Kier alpha value is -0.700. The quantitative estimate of drug-likeness (QED) is 0.751. The van der Waals surface area contributed by atoms with Gasteiger partial charge >= 0.3 is 6.95 Å². The van der Waals surface area contributed by atoms with E-state index in [1.54, 1.807) is 38.3 Å². The van der Waals surface area contributed by atoms with E-state index < -0.39 is 6.95 Å². The van der Waals surface area contributed by atoms with Gasteiger partial charge in [0.25, 0.3) is 0 Å². The first-order valence-electron chi connectivity index (χ1n) is 4.35. The van der Waals surface area contributed by atoms with Gasteiger partial charge in [0.05, 0.1) is 13.7 Å². The molecule has 15 heavy (non-hydrogen) atoms. The SMILES string of the molecule is CCO[P@](=O)(Cl)Oc1ccc(OC)cc1. The number of hydrogen-bond acceptors (Lipinski definition) is 4. The molecule has 0 aromatic heterocycles. The summed E-state index contributed by atoms with van der Waals surface area (Å²) in [6.45, 7) is -1.59. The van der Waals surface area contributed by atoms with Crippen molar-refractivity contribution >= 4 is 18.2 Å². The lowest BCUT2D eigenvalue weighted by molar-refractivity contribution is 0.294. The highest BCUT2D eigenvalue weighted by atomic mass is 35.7. The van der Waals surface area contributed by atoms with Gasteiger partial charge in [0.1, 0.15) is 11.5 Å². The normalized spacial score (nSPS) is 14.3. The minimum atomic E-state index is -3.51.